The summed E-state index contributed by atoms with van der Waals surface area (Å²) in [6.07, 6.45) is 2.38. The van der Waals surface area contributed by atoms with Gasteiger partial charge in [-0.25, -0.2) is 12.7 Å². The summed E-state index contributed by atoms with van der Waals surface area (Å²) in [6, 6.07) is 0. The fraction of sp³-hybridized carbons (Fsp3) is 1.00. The average Bonchev–Trinajstić information content (AvgIpc) is 3.12. The van der Waals surface area contributed by atoms with Gasteiger partial charge < -0.3 is 5.32 Å². The molecule has 2 fully saturated rings. The van der Waals surface area contributed by atoms with Crippen LogP contribution >= 0.6 is 0 Å². The monoisotopic (exact) mass is 261 g/mol. The molecule has 0 aromatic rings. The molecule has 17 heavy (non-hydrogen) atoms. The van der Waals surface area contributed by atoms with Gasteiger partial charge in [0.15, 0.2) is 0 Å². The lowest BCUT2D eigenvalue weighted by molar-refractivity contribution is 0.252. The third kappa shape index (κ3) is 4.21. The second kappa shape index (κ2) is 5.65. The number of hydrogen-bond acceptors (Lipinski definition) is 4. The summed E-state index contributed by atoms with van der Waals surface area (Å²) in [6.45, 7) is 5.24. The summed E-state index contributed by atoms with van der Waals surface area (Å²) >= 11 is 0. The third-order valence-electron chi connectivity index (χ3n) is 3.56. The maximum atomic E-state index is 12.0. The Kier molecular flexibility index (Phi) is 4.41. The number of hydrogen-bond donors (Lipinski definition) is 1. The molecule has 5 nitrogen and oxygen atoms in total. The summed E-state index contributed by atoms with van der Waals surface area (Å²) in [5, 5.41) is 3.27. The van der Waals surface area contributed by atoms with Crippen molar-refractivity contribution in [2.24, 2.45) is 5.92 Å². The van der Waals surface area contributed by atoms with Gasteiger partial charge in [-0.15, -0.1) is 0 Å². The Morgan fingerprint density at radius 2 is 1.94 bits per heavy atom. The Labute approximate surface area is 104 Å². The number of piperazine rings is 1. The van der Waals surface area contributed by atoms with E-state index in [1.807, 2.05) is 0 Å². The molecule has 1 heterocycles. The minimum atomic E-state index is -3.04. The molecule has 1 N–H and O–H groups in total. The predicted molar refractivity (Wildman–Crippen MR) is 68.5 cm³/mol. The van der Waals surface area contributed by atoms with E-state index in [0.717, 1.165) is 26.2 Å². The molecule has 0 aromatic carbocycles. The van der Waals surface area contributed by atoms with Gasteiger partial charge in [0.2, 0.25) is 10.0 Å². The van der Waals surface area contributed by atoms with Crippen molar-refractivity contribution in [2.75, 3.05) is 52.1 Å². The summed E-state index contributed by atoms with van der Waals surface area (Å²) in [4.78, 5) is 2.22. The zero-order valence-electron chi connectivity index (χ0n) is 10.6. The number of rotatable bonds is 6. The topological polar surface area (TPSA) is 52.7 Å². The maximum Gasteiger partial charge on any atom is 0.215 e. The van der Waals surface area contributed by atoms with Crippen LogP contribution < -0.4 is 5.32 Å². The molecule has 0 amide bonds. The summed E-state index contributed by atoms with van der Waals surface area (Å²) < 4.78 is 25.6. The zero-order chi connectivity index (χ0) is 12.3. The first-order valence-corrected chi connectivity index (χ1v) is 8.06. The van der Waals surface area contributed by atoms with E-state index in [9.17, 15) is 8.42 Å². The van der Waals surface area contributed by atoms with Crippen LogP contribution in [0.3, 0.4) is 0 Å². The molecule has 1 saturated heterocycles. The van der Waals surface area contributed by atoms with E-state index in [2.05, 4.69) is 10.2 Å². The van der Waals surface area contributed by atoms with Crippen LogP contribution in [0.1, 0.15) is 12.8 Å². The van der Waals surface area contributed by atoms with E-state index in [1.165, 1.54) is 12.8 Å². The Morgan fingerprint density at radius 1 is 1.29 bits per heavy atom. The van der Waals surface area contributed by atoms with Crippen molar-refractivity contribution < 1.29 is 8.42 Å². The molecular formula is C11H23N3O2S. The van der Waals surface area contributed by atoms with Crippen LogP contribution in [0, 0.1) is 5.92 Å². The van der Waals surface area contributed by atoms with Crippen molar-refractivity contribution >= 4 is 10.0 Å². The van der Waals surface area contributed by atoms with E-state index in [1.54, 1.807) is 11.4 Å². The van der Waals surface area contributed by atoms with Crippen LogP contribution in [-0.2, 0) is 10.0 Å². The number of nitrogens with zero attached hydrogens (tertiary/aromatic N) is 2. The van der Waals surface area contributed by atoms with Gasteiger partial charge in [0, 0.05) is 46.3 Å². The molecule has 6 heteroatoms. The standard InChI is InChI=1S/C11H23N3O2S/c1-13(10-11-2-3-11)17(15,16)9-8-14-6-4-12-5-7-14/h11-12H,2-10H2,1H3. The van der Waals surface area contributed by atoms with Gasteiger partial charge in [0.05, 0.1) is 5.75 Å². The molecule has 0 spiro atoms. The molecule has 1 saturated carbocycles. The van der Waals surface area contributed by atoms with Crippen LogP contribution in [0.15, 0.2) is 0 Å². The number of nitrogens with one attached hydrogen (secondary N) is 1. The Balaban J connectivity index is 1.75. The van der Waals surface area contributed by atoms with E-state index < -0.39 is 10.0 Å². The van der Waals surface area contributed by atoms with Crippen molar-refractivity contribution in [2.45, 2.75) is 12.8 Å². The van der Waals surface area contributed by atoms with Gasteiger partial charge in [0.1, 0.15) is 0 Å². The van der Waals surface area contributed by atoms with Crippen LogP contribution in [0.2, 0.25) is 0 Å². The second-order valence-electron chi connectivity index (χ2n) is 5.13. The fourth-order valence-corrected chi connectivity index (χ4v) is 3.35. The van der Waals surface area contributed by atoms with Gasteiger partial charge in [-0.1, -0.05) is 0 Å². The minimum Gasteiger partial charge on any atom is -0.314 e. The first-order valence-electron chi connectivity index (χ1n) is 6.45. The van der Waals surface area contributed by atoms with E-state index in [0.29, 0.717) is 19.0 Å². The van der Waals surface area contributed by atoms with Crippen molar-refractivity contribution in [1.82, 2.24) is 14.5 Å². The number of sulfonamides is 1. The molecule has 2 rings (SSSR count). The fourth-order valence-electron chi connectivity index (χ4n) is 2.11. The van der Waals surface area contributed by atoms with Crippen molar-refractivity contribution in [3.8, 4) is 0 Å². The molecule has 0 atom stereocenters. The van der Waals surface area contributed by atoms with E-state index in [4.69, 9.17) is 0 Å². The van der Waals surface area contributed by atoms with E-state index >= 15 is 0 Å². The Morgan fingerprint density at radius 3 is 2.53 bits per heavy atom. The average molecular weight is 261 g/mol. The third-order valence-corrected chi connectivity index (χ3v) is 5.36. The van der Waals surface area contributed by atoms with Gasteiger partial charge in [0.25, 0.3) is 0 Å². The molecule has 100 valence electrons. The Hall–Kier alpha value is -0.170. The van der Waals surface area contributed by atoms with E-state index in [-0.39, 0.29) is 5.75 Å². The lowest BCUT2D eigenvalue weighted by Crippen LogP contribution is -2.46. The largest absolute Gasteiger partial charge is 0.314 e. The van der Waals surface area contributed by atoms with Crippen molar-refractivity contribution in [3.63, 3.8) is 0 Å². The second-order valence-corrected chi connectivity index (χ2v) is 7.33. The minimum absolute atomic E-state index is 0.260. The van der Waals surface area contributed by atoms with Crippen LogP contribution in [0.5, 0.6) is 0 Å². The van der Waals surface area contributed by atoms with Gasteiger partial charge in [-0.3, -0.25) is 4.90 Å². The molecule has 0 radical (unpaired) electrons. The quantitative estimate of drug-likeness (QED) is 0.704. The summed E-state index contributed by atoms with van der Waals surface area (Å²) in [5.41, 5.74) is 0. The maximum absolute atomic E-state index is 12.0. The van der Waals surface area contributed by atoms with Crippen LogP contribution in [0.25, 0.3) is 0 Å². The highest BCUT2D eigenvalue weighted by Crippen LogP contribution is 2.29. The normalized spacial score (nSPS) is 23.2. The molecular weight excluding hydrogens is 238 g/mol. The first kappa shape index (κ1) is 13.3. The molecule has 1 aliphatic heterocycles. The van der Waals surface area contributed by atoms with Gasteiger partial charge >= 0.3 is 0 Å². The van der Waals surface area contributed by atoms with Crippen molar-refractivity contribution in [1.29, 1.82) is 0 Å². The predicted octanol–water partition coefficient (Wildman–Crippen LogP) is -0.437. The van der Waals surface area contributed by atoms with Gasteiger partial charge in [-0.05, 0) is 18.8 Å². The smallest absolute Gasteiger partial charge is 0.215 e. The molecule has 0 bridgehead atoms. The van der Waals surface area contributed by atoms with Crippen LogP contribution in [-0.4, -0.2) is 69.7 Å². The van der Waals surface area contributed by atoms with Gasteiger partial charge in [-0.2, -0.15) is 0 Å². The summed E-state index contributed by atoms with van der Waals surface area (Å²) in [7, 11) is -1.33. The SMILES string of the molecule is CN(CC1CC1)S(=O)(=O)CCN1CCNCC1. The molecule has 1 aliphatic carbocycles. The Bertz CT molecular complexity index is 335. The highest BCUT2D eigenvalue weighted by Gasteiger charge is 2.28. The molecule has 0 aromatic heterocycles. The lowest BCUT2D eigenvalue weighted by Gasteiger charge is -2.27. The van der Waals surface area contributed by atoms with Crippen molar-refractivity contribution in [3.05, 3.63) is 0 Å². The van der Waals surface area contributed by atoms with Crippen LogP contribution in [0.4, 0.5) is 0 Å². The first-order chi connectivity index (χ1) is 8.08. The zero-order valence-corrected chi connectivity index (χ0v) is 11.4. The lowest BCUT2D eigenvalue weighted by atomic mass is 10.4. The summed E-state index contributed by atoms with van der Waals surface area (Å²) in [5.74, 6) is 0.880. The molecule has 2 aliphatic rings. The molecule has 0 unspecified atom stereocenters. The highest BCUT2D eigenvalue weighted by molar-refractivity contribution is 7.89. The highest BCUT2D eigenvalue weighted by atomic mass is 32.2.